The van der Waals surface area contributed by atoms with Crippen LogP contribution in [0.15, 0.2) is 22.8 Å². The van der Waals surface area contributed by atoms with Gasteiger partial charge in [0.25, 0.3) is 5.91 Å². The van der Waals surface area contributed by atoms with Crippen molar-refractivity contribution in [2.45, 2.75) is 6.10 Å². The summed E-state index contributed by atoms with van der Waals surface area (Å²) in [7, 11) is 1.97. The lowest BCUT2D eigenvalue weighted by Gasteiger charge is -2.28. The number of aromatic nitrogens is 1. The van der Waals surface area contributed by atoms with E-state index in [2.05, 4.69) is 31.1 Å². The quantitative estimate of drug-likeness (QED) is 0.889. The Hall–Kier alpha value is -0.980. The lowest BCUT2D eigenvalue weighted by atomic mass is 10.2. The average molecular weight is 300 g/mol. The predicted molar refractivity (Wildman–Crippen MR) is 67.8 cm³/mol. The molecule has 2 heterocycles. The summed E-state index contributed by atoms with van der Waals surface area (Å²) in [6, 6.07) is 3.63. The Bertz CT molecular complexity index is 413. The van der Waals surface area contributed by atoms with Crippen LogP contribution >= 0.6 is 15.9 Å². The third-order valence-electron chi connectivity index (χ3n) is 2.56. The number of hydrogen-bond donors (Lipinski definition) is 1. The molecule has 2 rings (SSSR count). The molecule has 17 heavy (non-hydrogen) atoms. The van der Waals surface area contributed by atoms with Crippen molar-refractivity contribution in [1.29, 1.82) is 0 Å². The summed E-state index contributed by atoms with van der Waals surface area (Å²) in [6.45, 7) is 2.05. The Morgan fingerprint density at radius 1 is 1.71 bits per heavy atom. The van der Waals surface area contributed by atoms with Crippen molar-refractivity contribution in [2.24, 2.45) is 0 Å². The predicted octanol–water partition coefficient (Wildman–Crippen LogP) is 1.11. The van der Waals surface area contributed by atoms with Gasteiger partial charge >= 0.3 is 0 Å². The fourth-order valence-electron chi connectivity index (χ4n) is 1.61. The van der Waals surface area contributed by atoms with Crippen molar-refractivity contribution in [3.63, 3.8) is 0 Å². The maximum atomic E-state index is 11.9. The third kappa shape index (κ3) is 3.24. The molecule has 0 bridgehead atoms. The molecule has 0 saturated carbocycles. The van der Waals surface area contributed by atoms with Crippen LogP contribution in [0.1, 0.15) is 0 Å². The van der Waals surface area contributed by atoms with Gasteiger partial charge in [0.1, 0.15) is 11.9 Å². The first-order valence-electron chi connectivity index (χ1n) is 5.38. The fraction of sp³-hybridized carbons (Fsp3) is 0.455. The molecule has 1 aromatic rings. The Labute approximate surface area is 108 Å². The maximum Gasteiger partial charge on any atom is 0.256 e. The van der Waals surface area contributed by atoms with Crippen LogP contribution in [0.2, 0.25) is 0 Å². The van der Waals surface area contributed by atoms with Gasteiger partial charge in [0.2, 0.25) is 0 Å². The summed E-state index contributed by atoms with van der Waals surface area (Å²) >= 11 is 3.33. The summed E-state index contributed by atoms with van der Waals surface area (Å²) in [4.78, 5) is 18.1. The molecular weight excluding hydrogens is 286 g/mol. The summed E-state index contributed by atoms with van der Waals surface area (Å²) in [5, 5.41) is 2.75. The van der Waals surface area contributed by atoms with E-state index in [1.807, 2.05) is 13.1 Å². The number of likely N-dealkylation sites (N-methyl/N-ethyl adjacent to an activating group) is 1. The number of rotatable bonds is 2. The van der Waals surface area contributed by atoms with Crippen molar-refractivity contribution in [3.05, 3.63) is 22.8 Å². The topological polar surface area (TPSA) is 54.5 Å². The smallest absolute Gasteiger partial charge is 0.256 e. The number of nitrogens with one attached hydrogen (secondary N) is 1. The van der Waals surface area contributed by atoms with Gasteiger partial charge in [0.15, 0.2) is 0 Å². The van der Waals surface area contributed by atoms with Gasteiger partial charge in [-0.25, -0.2) is 4.98 Å². The van der Waals surface area contributed by atoms with Crippen molar-refractivity contribution >= 4 is 27.7 Å². The van der Waals surface area contributed by atoms with Gasteiger partial charge in [-0.05, 0) is 35.1 Å². The highest BCUT2D eigenvalue weighted by Crippen LogP contribution is 2.18. The normalized spacial score (nSPS) is 21.2. The lowest BCUT2D eigenvalue weighted by Crippen LogP contribution is -2.46. The molecule has 1 saturated heterocycles. The van der Waals surface area contributed by atoms with Crippen molar-refractivity contribution < 1.29 is 9.53 Å². The molecule has 0 spiro atoms. The van der Waals surface area contributed by atoms with Crippen LogP contribution in [0, 0.1) is 0 Å². The highest BCUT2D eigenvalue weighted by molar-refractivity contribution is 9.10. The van der Waals surface area contributed by atoms with Crippen LogP contribution in [-0.4, -0.2) is 48.6 Å². The van der Waals surface area contributed by atoms with E-state index in [-0.39, 0.29) is 5.91 Å². The van der Waals surface area contributed by atoms with Gasteiger partial charge in [-0.3, -0.25) is 4.79 Å². The Morgan fingerprint density at radius 3 is 3.24 bits per heavy atom. The van der Waals surface area contributed by atoms with Gasteiger partial charge < -0.3 is 15.0 Å². The van der Waals surface area contributed by atoms with E-state index in [4.69, 9.17) is 4.74 Å². The van der Waals surface area contributed by atoms with E-state index in [1.54, 1.807) is 12.3 Å². The van der Waals surface area contributed by atoms with Crippen LogP contribution in [0.25, 0.3) is 0 Å². The molecule has 0 radical (unpaired) electrons. The molecule has 1 N–H and O–H groups in total. The van der Waals surface area contributed by atoms with Gasteiger partial charge in [-0.15, -0.1) is 0 Å². The first-order valence-corrected chi connectivity index (χ1v) is 6.17. The van der Waals surface area contributed by atoms with E-state index >= 15 is 0 Å². The van der Waals surface area contributed by atoms with Gasteiger partial charge in [-0.1, -0.05) is 0 Å². The Balaban J connectivity index is 1.99. The first kappa shape index (κ1) is 12.5. The number of pyridine rings is 1. The van der Waals surface area contributed by atoms with Crippen LogP contribution in [0.3, 0.4) is 0 Å². The molecule has 0 aromatic carbocycles. The van der Waals surface area contributed by atoms with Crippen LogP contribution in [0.5, 0.6) is 0 Å². The molecule has 92 valence electrons. The van der Waals surface area contributed by atoms with Crippen molar-refractivity contribution in [1.82, 2.24) is 9.88 Å². The molecule has 5 nitrogen and oxygen atoms in total. The van der Waals surface area contributed by atoms with Gasteiger partial charge in [0.05, 0.1) is 11.1 Å². The zero-order valence-corrected chi connectivity index (χ0v) is 11.1. The molecule has 0 aliphatic carbocycles. The number of carbonyl (C=O) groups is 1. The highest BCUT2D eigenvalue weighted by atomic mass is 79.9. The highest BCUT2D eigenvalue weighted by Gasteiger charge is 2.25. The zero-order chi connectivity index (χ0) is 12.3. The van der Waals surface area contributed by atoms with Gasteiger partial charge in [-0.2, -0.15) is 0 Å². The molecule has 1 fully saturated rings. The number of ether oxygens (including phenoxy) is 1. The van der Waals surface area contributed by atoms with Crippen LogP contribution in [-0.2, 0) is 9.53 Å². The second-order valence-electron chi connectivity index (χ2n) is 3.94. The van der Waals surface area contributed by atoms with E-state index in [0.717, 1.165) is 11.0 Å². The first-order chi connectivity index (χ1) is 8.16. The van der Waals surface area contributed by atoms with Crippen molar-refractivity contribution in [3.8, 4) is 0 Å². The molecule has 0 unspecified atom stereocenters. The minimum absolute atomic E-state index is 0.157. The molecule has 1 atom stereocenters. The molecule has 1 aliphatic rings. The standard InChI is InChI=1S/C11H14BrN3O2/c1-15-5-6-17-9(7-15)11(16)14-10-8(12)3-2-4-13-10/h2-4,9H,5-7H2,1H3,(H,13,14,16)/t9-/m1/s1. The third-order valence-corrected chi connectivity index (χ3v) is 3.20. The largest absolute Gasteiger partial charge is 0.366 e. The average Bonchev–Trinajstić information content (AvgIpc) is 2.32. The molecule has 1 amide bonds. The van der Waals surface area contributed by atoms with E-state index in [0.29, 0.717) is 19.0 Å². The molecule has 6 heteroatoms. The number of carbonyl (C=O) groups excluding carboxylic acids is 1. The van der Waals surface area contributed by atoms with E-state index in [9.17, 15) is 4.79 Å². The number of anilines is 1. The zero-order valence-electron chi connectivity index (χ0n) is 9.52. The summed E-state index contributed by atoms with van der Waals surface area (Å²) < 4.78 is 6.19. The number of morpholine rings is 1. The van der Waals surface area contributed by atoms with E-state index in [1.165, 1.54) is 0 Å². The SMILES string of the molecule is CN1CCO[C@@H](C(=O)Nc2ncccc2Br)C1. The van der Waals surface area contributed by atoms with E-state index < -0.39 is 6.10 Å². The lowest BCUT2D eigenvalue weighted by molar-refractivity contribution is -0.132. The van der Waals surface area contributed by atoms with Gasteiger partial charge in [0, 0.05) is 19.3 Å². The number of amides is 1. The number of halogens is 1. The molecule has 1 aromatic heterocycles. The second kappa shape index (κ2) is 5.57. The fourth-order valence-corrected chi connectivity index (χ4v) is 1.97. The monoisotopic (exact) mass is 299 g/mol. The maximum absolute atomic E-state index is 11.9. The van der Waals surface area contributed by atoms with Crippen LogP contribution in [0.4, 0.5) is 5.82 Å². The summed E-state index contributed by atoms with van der Waals surface area (Å²) in [6.07, 6.45) is 1.21. The number of hydrogen-bond acceptors (Lipinski definition) is 4. The number of nitrogens with zero attached hydrogens (tertiary/aromatic N) is 2. The summed E-state index contributed by atoms with van der Waals surface area (Å²) in [5.41, 5.74) is 0. The summed E-state index contributed by atoms with van der Waals surface area (Å²) in [5.74, 6) is 0.366. The second-order valence-corrected chi connectivity index (χ2v) is 4.80. The minimum Gasteiger partial charge on any atom is -0.366 e. The van der Waals surface area contributed by atoms with Crippen molar-refractivity contribution in [2.75, 3.05) is 32.1 Å². The van der Waals surface area contributed by atoms with Crippen LogP contribution < -0.4 is 5.32 Å². The Morgan fingerprint density at radius 2 is 2.53 bits per heavy atom. The molecular formula is C11H14BrN3O2. The Kier molecular flexibility index (Phi) is 4.09. The minimum atomic E-state index is -0.428. The molecule has 1 aliphatic heterocycles.